The first-order valence-electron chi connectivity index (χ1n) is 7.79. The van der Waals surface area contributed by atoms with Crippen molar-refractivity contribution in [2.24, 2.45) is 0 Å². The average Bonchev–Trinajstić information content (AvgIpc) is 3.06. The number of hydrogen-bond acceptors (Lipinski definition) is 5. The van der Waals surface area contributed by atoms with E-state index in [4.69, 9.17) is 0 Å². The van der Waals surface area contributed by atoms with Crippen LogP contribution in [0.15, 0.2) is 24.4 Å². The van der Waals surface area contributed by atoms with E-state index in [2.05, 4.69) is 26.0 Å². The van der Waals surface area contributed by atoms with Crippen LogP contribution >= 0.6 is 0 Å². The number of aromatic nitrogens is 3. The van der Waals surface area contributed by atoms with E-state index >= 15 is 0 Å². The topological polar surface area (TPSA) is 118 Å². The van der Waals surface area contributed by atoms with Gasteiger partial charge in [0.2, 0.25) is 5.91 Å². The SMILES string of the molecule is Cc1cc(C)n(-c2ccc(CNC(=O)CC3NC(=O)NC3=O)cn2)n1. The summed E-state index contributed by atoms with van der Waals surface area (Å²) in [4.78, 5) is 38.6. The van der Waals surface area contributed by atoms with Crippen molar-refractivity contribution in [3.63, 3.8) is 0 Å². The summed E-state index contributed by atoms with van der Waals surface area (Å²) in [6.45, 7) is 4.15. The van der Waals surface area contributed by atoms with Gasteiger partial charge in [-0.2, -0.15) is 5.10 Å². The van der Waals surface area contributed by atoms with E-state index in [0.29, 0.717) is 5.82 Å². The zero-order chi connectivity index (χ0) is 18.0. The van der Waals surface area contributed by atoms with E-state index in [1.165, 1.54) is 0 Å². The van der Waals surface area contributed by atoms with Gasteiger partial charge < -0.3 is 10.6 Å². The van der Waals surface area contributed by atoms with Crippen molar-refractivity contribution >= 4 is 17.8 Å². The molecule has 9 nitrogen and oxygen atoms in total. The van der Waals surface area contributed by atoms with Crippen LogP contribution in [-0.2, 0) is 16.1 Å². The number of carbonyl (C=O) groups excluding carboxylic acids is 3. The number of pyridine rings is 1. The molecule has 1 atom stereocenters. The fourth-order valence-electron chi connectivity index (χ4n) is 2.57. The normalized spacial score (nSPS) is 16.5. The molecule has 1 aliphatic heterocycles. The van der Waals surface area contributed by atoms with E-state index in [9.17, 15) is 14.4 Å². The summed E-state index contributed by atoms with van der Waals surface area (Å²) in [7, 11) is 0. The first-order chi connectivity index (χ1) is 11.9. The molecule has 25 heavy (non-hydrogen) atoms. The third-order valence-electron chi connectivity index (χ3n) is 3.77. The fraction of sp³-hybridized carbons (Fsp3) is 0.312. The van der Waals surface area contributed by atoms with Crippen LogP contribution < -0.4 is 16.0 Å². The highest BCUT2D eigenvalue weighted by molar-refractivity contribution is 6.05. The van der Waals surface area contributed by atoms with Gasteiger partial charge in [-0.3, -0.25) is 14.9 Å². The van der Waals surface area contributed by atoms with Gasteiger partial charge >= 0.3 is 6.03 Å². The fourth-order valence-corrected chi connectivity index (χ4v) is 2.57. The lowest BCUT2D eigenvalue weighted by molar-refractivity contribution is -0.126. The molecule has 2 aromatic rings. The van der Waals surface area contributed by atoms with Crippen LogP contribution in [0.3, 0.4) is 0 Å². The van der Waals surface area contributed by atoms with Gasteiger partial charge in [-0.1, -0.05) is 6.07 Å². The summed E-state index contributed by atoms with van der Waals surface area (Å²) in [5, 5.41) is 11.5. The largest absolute Gasteiger partial charge is 0.352 e. The van der Waals surface area contributed by atoms with Crippen LogP contribution in [0.1, 0.15) is 23.4 Å². The number of nitrogens with zero attached hydrogens (tertiary/aromatic N) is 3. The number of nitrogens with one attached hydrogen (secondary N) is 3. The maximum Gasteiger partial charge on any atom is 0.322 e. The van der Waals surface area contributed by atoms with Gasteiger partial charge in [0.05, 0.1) is 12.1 Å². The van der Waals surface area contributed by atoms with E-state index < -0.39 is 18.0 Å². The third kappa shape index (κ3) is 3.82. The van der Waals surface area contributed by atoms with Crippen molar-refractivity contribution < 1.29 is 14.4 Å². The van der Waals surface area contributed by atoms with Crippen LogP contribution in [0.25, 0.3) is 5.82 Å². The van der Waals surface area contributed by atoms with Crippen LogP contribution in [0.5, 0.6) is 0 Å². The molecule has 0 spiro atoms. The Hall–Kier alpha value is -3.23. The minimum Gasteiger partial charge on any atom is -0.352 e. The molecule has 9 heteroatoms. The number of carbonyl (C=O) groups is 3. The molecule has 1 saturated heterocycles. The Morgan fingerprint density at radius 2 is 2.12 bits per heavy atom. The molecule has 1 aliphatic rings. The van der Waals surface area contributed by atoms with Crippen molar-refractivity contribution in [2.45, 2.75) is 32.9 Å². The maximum absolute atomic E-state index is 11.9. The molecular weight excluding hydrogens is 324 g/mol. The highest BCUT2D eigenvalue weighted by atomic mass is 16.2. The van der Waals surface area contributed by atoms with E-state index in [0.717, 1.165) is 17.0 Å². The Morgan fingerprint density at radius 3 is 2.68 bits per heavy atom. The van der Waals surface area contributed by atoms with Gasteiger partial charge in [0.15, 0.2) is 5.82 Å². The Balaban J connectivity index is 1.55. The number of urea groups is 1. The molecule has 1 unspecified atom stereocenters. The van der Waals surface area contributed by atoms with E-state index in [-0.39, 0.29) is 18.9 Å². The summed E-state index contributed by atoms with van der Waals surface area (Å²) in [6.07, 6.45) is 1.56. The summed E-state index contributed by atoms with van der Waals surface area (Å²) < 4.78 is 1.75. The minimum atomic E-state index is -0.820. The van der Waals surface area contributed by atoms with Gasteiger partial charge in [-0.25, -0.2) is 14.5 Å². The molecule has 0 bridgehead atoms. The predicted molar refractivity (Wildman–Crippen MR) is 87.8 cm³/mol. The predicted octanol–water partition coefficient (Wildman–Crippen LogP) is 0.0984. The first-order valence-corrected chi connectivity index (χ1v) is 7.79. The highest BCUT2D eigenvalue weighted by Gasteiger charge is 2.31. The molecular formula is C16H18N6O3. The van der Waals surface area contributed by atoms with Crippen molar-refractivity contribution in [3.8, 4) is 5.82 Å². The minimum absolute atomic E-state index is 0.102. The number of hydrogen-bond donors (Lipinski definition) is 3. The summed E-state index contributed by atoms with van der Waals surface area (Å²) in [5.41, 5.74) is 2.72. The molecule has 2 aromatic heterocycles. The second-order valence-electron chi connectivity index (χ2n) is 5.86. The average molecular weight is 342 g/mol. The molecule has 1 fully saturated rings. The third-order valence-corrected chi connectivity index (χ3v) is 3.77. The Kier molecular flexibility index (Phi) is 4.46. The van der Waals surface area contributed by atoms with Gasteiger partial charge in [0.1, 0.15) is 6.04 Å². The lowest BCUT2D eigenvalue weighted by Gasteiger charge is -2.09. The van der Waals surface area contributed by atoms with E-state index in [1.807, 2.05) is 32.0 Å². The number of imide groups is 1. The number of amides is 4. The molecule has 3 heterocycles. The second kappa shape index (κ2) is 6.71. The molecule has 0 saturated carbocycles. The standard InChI is InChI=1S/C16H18N6O3/c1-9-5-10(2)22(21-9)13-4-3-11(7-17-13)8-18-14(23)6-12-15(24)20-16(25)19-12/h3-5,7,12H,6,8H2,1-2H3,(H,18,23)(H2,19,20,24,25). The van der Waals surface area contributed by atoms with E-state index in [1.54, 1.807) is 10.9 Å². The maximum atomic E-state index is 11.9. The van der Waals surface area contributed by atoms with Gasteiger partial charge in [0.25, 0.3) is 5.91 Å². The van der Waals surface area contributed by atoms with Crippen molar-refractivity contribution in [3.05, 3.63) is 41.3 Å². The second-order valence-corrected chi connectivity index (χ2v) is 5.86. The lowest BCUT2D eigenvalue weighted by Crippen LogP contribution is -2.36. The van der Waals surface area contributed by atoms with Crippen LogP contribution in [-0.4, -0.2) is 38.7 Å². The molecule has 3 N–H and O–H groups in total. The zero-order valence-corrected chi connectivity index (χ0v) is 13.9. The highest BCUT2D eigenvalue weighted by Crippen LogP contribution is 2.10. The first kappa shape index (κ1) is 16.6. The molecule has 130 valence electrons. The van der Waals surface area contributed by atoms with Crippen molar-refractivity contribution in [1.82, 2.24) is 30.7 Å². The lowest BCUT2D eigenvalue weighted by atomic mass is 10.2. The quantitative estimate of drug-likeness (QED) is 0.666. The molecule has 3 rings (SSSR count). The van der Waals surface area contributed by atoms with Gasteiger partial charge in [0, 0.05) is 18.4 Å². The molecule has 0 aromatic carbocycles. The number of aryl methyl sites for hydroxylation is 2. The zero-order valence-electron chi connectivity index (χ0n) is 13.9. The Bertz CT molecular complexity index is 827. The van der Waals surface area contributed by atoms with Gasteiger partial charge in [-0.15, -0.1) is 0 Å². The molecule has 0 radical (unpaired) electrons. The van der Waals surface area contributed by atoms with Crippen molar-refractivity contribution in [1.29, 1.82) is 0 Å². The monoisotopic (exact) mass is 342 g/mol. The Morgan fingerprint density at radius 1 is 1.32 bits per heavy atom. The summed E-state index contributed by atoms with van der Waals surface area (Å²) >= 11 is 0. The molecule has 0 aliphatic carbocycles. The summed E-state index contributed by atoms with van der Waals surface area (Å²) in [6, 6.07) is 4.24. The smallest absolute Gasteiger partial charge is 0.322 e. The van der Waals surface area contributed by atoms with Crippen LogP contribution in [0.2, 0.25) is 0 Å². The van der Waals surface area contributed by atoms with Crippen molar-refractivity contribution in [2.75, 3.05) is 0 Å². The summed E-state index contributed by atoms with van der Waals surface area (Å²) in [5.74, 6) is -0.118. The van der Waals surface area contributed by atoms with Gasteiger partial charge in [-0.05, 0) is 31.5 Å². The molecule has 4 amide bonds. The van der Waals surface area contributed by atoms with Crippen LogP contribution in [0, 0.1) is 13.8 Å². The van der Waals surface area contributed by atoms with Crippen LogP contribution in [0.4, 0.5) is 4.79 Å². The Labute approximate surface area is 143 Å². The number of rotatable bonds is 5.